The minimum absolute atomic E-state index is 0.0103. The van der Waals surface area contributed by atoms with E-state index in [1.807, 2.05) is 0 Å². The summed E-state index contributed by atoms with van der Waals surface area (Å²) in [6.45, 7) is 1.41. The second-order valence-electron chi connectivity index (χ2n) is 2.89. The Kier molecular flexibility index (Phi) is 2.86. The Balaban J connectivity index is 3.24. The summed E-state index contributed by atoms with van der Waals surface area (Å²) in [5.74, 6) is -2.94. The van der Waals surface area contributed by atoms with Crippen molar-refractivity contribution in [2.75, 3.05) is 0 Å². The summed E-state index contributed by atoms with van der Waals surface area (Å²) >= 11 is 5.51. The van der Waals surface area contributed by atoms with Crippen LogP contribution in [0.25, 0.3) is 0 Å². The molecule has 0 amide bonds. The number of rotatable bonds is 2. The van der Waals surface area contributed by atoms with E-state index in [4.69, 9.17) is 16.7 Å². The molecule has 0 saturated heterocycles. The molecule has 0 aliphatic carbocycles. The zero-order valence-corrected chi connectivity index (χ0v) is 8.12. The number of aliphatic carboxylic acids is 1. The Morgan fingerprint density at radius 3 is 2.43 bits per heavy atom. The van der Waals surface area contributed by atoms with Gasteiger partial charge in [-0.1, -0.05) is 17.7 Å². The molecule has 1 rings (SSSR count). The first-order valence-corrected chi connectivity index (χ1v) is 4.26. The third-order valence-electron chi connectivity index (χ3n) is 1.97. The molecular formula is C9H9ClO4. The van der Waals surface area contributed by atoms with Crippen molar-refractivity contribution in [2.24, 2.45) is 0 Å². The van der Waals surface area contributed by atoms with Crippen LogP contribution >= 0.6 is 11.6 Å². The molecule has 3 N–H and O–H groups in total. The molecular weight excluding hydrogens is 208 g/mol. The zero-order valence-electron chi connectivity index (χ0n) is 7.36. The standard InChI is InChI=1S/C9H9ClO4/c1-4(9(13)14)5-2-3-6(10)8(12)7(5)11/h2-4,11-12H,1H3,(H,13,14). The van der Waals surface area contributed by atoms with E-state index in [0.717, 1.165) is 0 Å². The summed E-state index contributed by atoms with van der Waals surface area (Å²) in [6.07, 6.45) is 0. The fourth-order valence-electron chi connectivity index (χ4n) is 1.05. The van der Waals surface area contributed by atoms with Gasteiger partial charge in [0.2, 0.25) is 0 Å². The van der Waals surface area contributed by atoms with Crippen LogP contribution in [0.1, 0.15) is 18.4 Å². The van der Waals surface area contributed by atoms with Crippen LogP contribution in [-0.4, -0.2) is 21.3 Å². The number of phenolic OH excluding ortho intramolecular Hbond substituents is 2. The molecule has 0 heterocycles. The van der Waals surface area contributed by atoms with Gasteiger partial charge in [-0.15, -0.1) is 0 Å². The Morgan fingerprint density at radius 1 is 1.36 bits per heavy atom. The Hall–Kier alpha value is -1.42. The molecule has 0 spiro atoms. The molecule has 4 nitrogen and oxygen atoms in total. The normalized spacial score (nSPS) is 12.4. The van der Waals surface area contributed by atoms with Gasteiger partial charge in [0.1, 0.15) is 0 Å². The SMILES string of the molecule is CC(C(=O)O)c1ccc(Cl)c(O)c1O. The second-order valence-corrected chi connectivity index (χ2v) is 3.30. The lowest BCUT2D eigenvalue weighted by Gasteiger charge is -2.10. The second kappa shape index (κ2) is 3.75. The van der Waals surface area contributed by atoms with Gasteiger partial charge in [-0.2, -0.15) is 0 Å². The molecule has 1 aromatic carbocycles. The third-order valence-corrected chi connectivity index (χ3v) is 2.28. The van der Waals surface area contributed by atoms with Crippen molar-refractivity contribution < 1.29 is 20.1 Å². The molecule has 0 saturated carbocycles. The highest BCUT2D eigenvalue weighted by Gasteiger charge is 2.20. The monoisotopic (exact) mass is 216 g/mol. The highest BCUT2D eigenvalue weighted by atomic mass is 35.5. The number of hydrogen-bond acceptors (Lipinski definition) is 3. The van der Waals surface area contributed by atoms with Crippen LogP contribution in [0.2, 0.25) is 5.02 Å². The maximum Gasteiger partial charge on any atom is 0.310 e. The first-order chi connectivity index (χ1) is 6.45. The predicted octanol–water partition coefficient (Wildman–Crippen LogP) is 1.94. The summed E-state index contributed by atoms with van der Waals surface area (Å²) < 4.78 is 0. The Bertz CT molecular complexity index is 375. The maximum absolute atomic E-state index is 10.6. The van der Waals surface area contributed by atoms with Gasteiger partial charge in [0, 0.05) is 5.56 Å². The lowest BCUT2D eigenvalue weighted by Crippen LogP contribution is -2.07. The topological polar surface area (TPSA) is 77.8 Å². The minimum Gasteiger partial charge on any atom is -0.504 e. The van der Waals surface area contributed by atoms with Gasteiger partial charge in [0.15, 0.2) is 11.5 Å². The first kappa shape index (κ1) is 10.7. The molecule has 0 aromatic heterocycles. The Morgan fingerprint density at radius 2 is 1.93 bits per heavy atom. The summed E-state index contributed by atoms with van der Waals surface area (Å²) in [6, 6.07) is 2.71. The van der Waals surface area contributed by atoms with Gasteiger partial charge < -0.3 is 15.3 Å². The van der Waals surface area contributed by atoms with Crippen molar-refractivity contribution >= 4 is 17.6 Å². The number of phenols is 2. The van der Waals surface area contributed by atoms with Crippen molar-refractivity contribution in [3.05, 3.63) is 22.7 Å². The average molecular weight is 217 g/mol. The molecule has 0 aliphatic rings. The van der Waals surface area contributed by atoms with Crippen molar-refractivity contribution in [3.8, 4) is 11.5 Å². The predicted molar refractivity (Wildman–Crippen MR) is 50.8 cm³/mol. The quantitative estimate of drug-likeness (QED) is 0.661. The van der Waals surface area contributed by atoms with Crippen LogP contribution in [0.15, 0.2) is 12.1 Å². The highest BCUT2D eigenvalue weighted by molar-refractivity contribution is 6.32. The maximum atomic E-state index is 10.6. The smallest absolute Gasteiger partial charge is 0.310 e. The van der Waals surface area contributed by atoms with Gasteiger partial charge in [0.25, 0.3) is 0 Å². The first-order valence-electron chi connectivity index (χ1n) is 3.88. The molecule has 1 unspecified atom stereocenters. The van der Waals surface area contributed by atoms with Gasteiger partial charge >= 0.3 is 5.97 Å². The van der Waals surface area contributed by atoms with Gasteiger partial charge in [0.05, 0.1) is 10.9 Å². The van der Waals surface area contributed by atoms with Crippen LogP contribution < -0.4 is 0 Å². The average Bonchev–Trinajstić information content (AvgIpc) is 2.13. The summed E-state index contributed by atoms with van der Waals surface area (Å²) in [4.78, 5) is 10.6. The number of carboxylic acids is 1. The minimum atomic E-state index is -1.08. The van der Waals surface area contributed by atoms with Gasteiger partial charge in [-0.05, 0) is 13.0 Å². The molecule has 14 heavy (non-hydrogen) atoms. The summed E-state index contributed by atoms with van der Waals surface area (Å²) in [7, 11) is 0. The highest BCUT2D eigenvalue weighted by Crippen LogP contribution is 2.38. The summed E-state index contributed by atoms with van der Waals surface area (Å²) in [5.41, 5.74) is 0.138. The van der Waals surface area contributed by atoms with Crippen molar-refractivity contribution in [2.45, 2.75) is 12.8 Å². The van der Waals surface area contributed by atoms with E-state index < -0.39 is 23.4 Å². The molecule has 0 radical (unpaired) electrons. The molecule has 1 atom stereocenters. The van der Waals surface area contributed by atoms with Crippen LogP contribution in [-0.2, 0) is 4.79 Å². The molecule has 0 bridgehead atoms. The lowest BCUT2D eigenvalue weighted by atomic mass is 10.00. The number of carbonyl (C=O) groups is 1. The number of halogens is 1. The van der Waals surface area contributed by atoms with Crippen molar-refractivity contribution in [1.29, 1.82) is 0 Å². The summed E-state index contributed by atoms with van der Waals surface area (Å²) in [5, 5.41) is 27.3. The number of aromatic hydroxyl groups is 2. The van der Waals surface area contributed by atoms with E-state index in [9.17, 15) is 15.0 Å². The zero-order chi connectivity index (χ0) is 10.9. The Labute approximate surface area is 85.4 Å². The molecule has 0 fully saturated rings. The molecule has 1 aromatic rings. The molecule has 5 heteroatoms. The van der Waals surface area contributed by atoms with Crippen LogP contribution in [0, 0.1) is 0 Å². The van der Waals surface area contributed by atoms with Crippen molar-refractivity contribution in [3.63, 3.8) is 0 Å². The van der Waals surface area contributed by atoms with E-state index in [1.165, 1.54) is 19.1 Å². The van der Waals surface area contributed by atoms with E-state index in [2.05, 4.69) is 0 Å². The molecule has 0 aliphatic heterocycles. The van der Waals surface area contributed by atoms with E-state index in [0.29, 0.717) is 0 Å². The van der Waals surface area contributed by atoms with E-state index in [1.54, 1.807) is 0 Å². The molecule has 76 valence electrons. The number of carboxylic acid groups (broad SMARTS) is 1. The van der Waals surface area contributed by atoms with Gasteiger partial charge in [-0.25, -0.2) is 0 Å². The van der Waals surface area contributed by atoms with E-state index in [-0.39, 0.29) is 10.6 Å². The third kappa shape index (κ3) is 1.75. The number of hydrogen-bond donors (Lipinski definition) is 3. The fourth-order valence-corrected chi connectivity index (χ4v) is 1.21. The van der Waals surface area contributed by atoms with Gasteiger partial charge in [-0.3, -0.25) is 4.79 Å². The van der Waals surface area contributed by atoms with Crippen LogP contribution in [0.4, 0.5) is 0 Å². The fraction of sp³-hybridized carbons (Fsp3) is 0.222. The van der Waals surface area contributed by atoms with Crippen LogP contribution in [0.5, 0.6) is 11.5 Å². The van der Waals surface area contributed by atoms with Crippen molar-refractivity contribution in [1.82, 2.24) is 0 Å². The van der Waals surface area contributed by atoms with E-state index >= 15 is 0 Å². The van der Waals surface area contributed by atoms with Crippen LogP contribution in [0.3, 0.4) is 0 Å². The number of benzene rings is 1. The lowest BCUT2D eigenvalue weighted by molar-refractivity contribution is -0.138. The largest absolute Gasteiger partial charge is 0.504 e.